The van der Waals surface area contributed by atoms with Crippen LogP contribution in [0.1, 0.15) is 80.8 Å². The van der Waals surface area contributed by atoms with E-state index in [0.29, 0.717) is 49.2 Å². The number of aliphatic hydroxyl groups is 1. The number of piperidine rings is 1. The number of unbranched alkanes of at least 4 members (excludes halogenated alkanes) is 1. The number of aliphatic hydroxyl groups excluding tert-OH is 1. The van der Waals surface area contributed by atoms with Gasteiger partial charge in [-0.3, -0.25) is 33.6 Å². The molecule has 68 heavy (non-hydrogen) atoms. The number of hydrogen-bond acceptors (Lipinski definition) is 10. The number of nitrogens with two attached hydrogens (primary N) is 2. The third-order valence-electron chi connectivity index (χ3n) is 12.2. The van der Waals surface area contributed by atoms with Gasteiger partial charge in [0, 0.05) is 41.7 Å². The molecule has 3 aromatic carbocycles. The minimum atomic E-state index is -1.51. The van der Waals surface area contributed by atoms with Crippen LogP contribution in [0.3, 0.4) is 0 Å². The summed E-state index contributed by atoms with van der Waals surface area (Å²) in [6.07, 6.45) is 5.30. The number of likely N-dealkylation sites (N-methyl/N-ethyl adjacent to an activating group) is 1. The predicted molar refractivity (Wildman–Crippen MR) is 259 cm³/mol. The predicted octanol–water partition coefficient (Wildman–Crippen LogP) is 3.79. The molecule has 6 atom stereocenters. The van der Waals surface area contributed by atoms with Gasteiger partial charge in [0.2, 0.25) is 35.4 Å². The summed E-state index contributed by atoms with van der Waals surface area (Å²) in [5.41, 5.74) is 14.2. The van der Waals surface area contributed by atoms with E-state index in [9.17, 15) is 43.8 Å². The van der Waals surface area contributed by atoms with Gasteiger partial charge in [0.25, 0.3) is 5.91 Å². The van der Waals surface area contributed by atoms with Crippen LogP contribution in [-0.4, -0.2) is 118 Å². The minimum absolute atomic E-state index is 0.00314. The molecular weight excluding hydrogens is 892 g/mol. The maximum Gasteiger partial charge on any atom is 0.251 e. The first-order valence-electron chi connectivity index (χ1n) is 22.5. The number of fused-ring (bicyclic) bond motifs is 2. The SMILES string of the molecule is C=C1/C=C\C(O)=C(/C)c2cc(ccc2O)C[C@@H](C(=O)N[C@@H](C)C(=O)N2CCCC[C@H]2C(N)=O)NC(=O)[C@H](C)NC(=O)[C@H]1N(C)C(=O)[C@H](CCCCN)NC(=O)c1ccc(-c2ccc(Cl)cc2)cc1. The van der Waals surface area contributed by atoms with E-state index in [0.717, 1.165) is 16.0 Å². The number of halogens is 1. The van der Waals surface area contributed by atoms with Crippen molar-refractivity contribution in [3.63, 3.8) is 0 Å². The molecule has 0 saturated carbocycles. The van der Waals surface area contributed by atoms with Gasteiger partial charge >= 0.3 is 0 Å². The number of allylic oxidation sites excluding steroid dienone is 2. The molecule has 7 amide bonds. The highest BCUT2D eigenvalue weighted by molar-refractivity contribution is 6.30. The number of rotatable bonds is 13. The first-order valence-corrected chi connectivity index (χ1v) is 22.9. The van der Waals surface area contributed by atoms with Gasteiger partial charge < -0.3 is 52.7 Å². The number of carbonyl (C=O) groups is 7. The first-order chi connectivity index (χ1) is 32.3. The third kappa shape index (κ3) is 13.1. The highest BCUT2D eigenvalue weighted by atomic mass is 35.5. The summed E-state index contributed by atoms with van der Waals surface area (Å²) in [6.45, 7) is 9.02. The maximum absolute atomic E-state index is 14.5. The molecule has 0 aliphatic carbocycles. The number of phenolic OH excluding ortho intramolecular Hbond substituents is 1. The topological polar surface area (TPSA) is 267 Å². The number of primary amides is 1. The van der Waals surface area contributed by atoms with Gasteiger partial charge in [-0.05, 0) is 131 Å². The van der Waals surface area contributed by atoms with E-state index in [4.69, 9.17) is 23.1 Å². The Morgan fingerprint density at radius 3 is 2.24 bits per heavy atom. The largest absolute Gasteiger partial charge is 0.508 e. The molecule has 5 rings (SSSR count). The number of amides is 7. The number of aromatic hydroxyl groups is 1. The van der Waals surface area contributed by atoms with E-state index in [-0.39, 0.29) is 53.2 Å². The number of hydrogen-bond donors (Lipinski definition) is 8. The lowest BCUT2D eigenvalue weighted by Crippen LogP contribution is -2.60. The van der Waals surface area contributed by atoms with Crippen LogP contribution in [0, 0.1) is 0 Å². The number of carbonyl (C=O) groups excluding carboxylic acids is 7. The molecule has 17 nitrogen and oxygen atoms in total. The average Bonchev–Trinajstić information content (AvgIpc) is 3.32. The Morgan fingerprint density at radius 2 is 1.59 bits per heavy atom. The monoisotopic (exact) mass is 952 g/mol. The average molecular weight is 954 g/mol. The van der Waals surface area contributed by atoms with Gasteiger partial charge in [-0.15, -0.1) is 0 Å². The Hall–Kier alpha value is -6.98. The fourth-order valence-corrected chi connectivity index (χ4v) is 8.31. The van der Waals surface area contributed by atoms with Crippen LogP contribution in [0.4, 0.5) is 0 Å². The molecule has 2 aliphatic heterocycles. The van der Waals surface area contributed by atoms with E-state index < -0.39 is 77.6 Å². The normalized spacial score (nSPS) is 21.6. The zero-order valence-electron chi connectivity index (χ0n) is 38.7. The van der Waals surface area contributed by atoms with Crippen LogP contribution in [0.5, 0.6) is 5.75 Å². The Balaban J connectivity index is 1.44. The number of nitrogens with one attached hydrogen (secondary N) is 4. The maximum atomic E-state index is 14.5. The molecule has 2 heterocycles. The van der Waals surface area contributed by atoms with Crippen molar-refractivity contribution < 1.29 is 43.8 Å². The van der Waals surface area contributed by atoms with Crippen molar-refractivity contribution in [2.45, 2.75) is 102 Å². The summed E-state index contributed by atoms with van der Waals surface area (Å²) in [5, 5.41) is 33.6. The van der Waals surface area contributed by atoms with E-state index in [1.165, 1.54) is 63.1 Å². The molecule has 2 aliphatic rings. The van der Waals surface area contributed by atoms with E-state index >= 15 is 0 Å². The van der Waals surface area contributed by atoms with Gasteiger partial charge in [0.05, 0.1) is 0 Å². The summed E-state index contributed by atoms with van der Waals surface area (Å²) >= 11 is 6.05. The molecule has 0 radical (unpaired) electrons. The van der Waals surface area contributed by atoms with Gasteiger partial charge in [-0.25, -0.2) is 0 Å². The summed E-state index contributed by atoms with van der Waals surface area (Å²) in [5.74, 6) is -5.37. The Labute approximate surface area is 401 Å². The fourth-order valence-electron chi connectivity index (χ4n) is 8.18. The van der Waals surface area contributed by atoms with E-state index in [1.54, 1.807) is 36.4 Å². The van der Waals surface area contributed by atoms with Crippen molar-refractivity contribution in [3.05, 3.63) is 119 Å². The molecule has 0 spiro atoms. The molecule has 18 heteroatoms. The molecular formula is C50H61ClN8O9. The van der Waals surface area contributed by atoms with Crippen LogP contribution in [-0.2, 0) is 35.2 Å². The first kappa shape index (κ1) is 52.0. The van der Waals surface area contributed by atoms with Gasteiger partial charge in [0.15, 0.2) is 0 Å². The van der Waals surface area contributed by atoms with Crippen LogP contribution in [0.2, 0.25) is 5.02 Å². The quantitative estimate of drug-likeness (QED) is 0.115. The zero-order chi connectivity index (χ0) is 49.8. The summed E-state index contributed by atoms with van der Waals surface area (Å²) in [6, 6.07) is 11.2. The number of benzene rings is 3. The second kappa shape index (κ2) is 23.7. The molecule has 1 saturated heterocycles. The van der Waals surface area contributed by atoms with Crippen molar-refractivity contribution in [2.75, 3.05) is 20.1 Å². The molecule has 1 fully saturated rings. The molecule has 3 aromatic rings. The van der Waals surface area contributed by atoms with Crippen molar-refractivity contribution in [1.29, 1.82) is 0 Å². The van der Waals surface area contributed by atoms with Crippen molar-refractivity contribution in [3.8, 4) is 16.9 Å². The lowest BCUT2D eigenvalue weighted by atomic mass is 9.97. The van der Waals surface area contributed by atoms with Crippen molar-refractivity contribution in [2.24, 2.45) is 11.5 Å². The second-order valence-corrected chi connectivity index (χ2v) is 17.6. The summed E-state index contributed by atoms with van der Waals surface area (Å²) in [4.78, 5) is 98.7. The van der Waals surface area contributed by atoms with Crippen LogP contribution < -0.4 is 32.7 Å². The molecule has 362 valence electrons. The summed E-state index contributed by atoms with van der Waals surface area (Å²) in [7, 11) is 1.35. The van der Waals surface area contributed by atoms with Crippen molar-refractivity contribution in [1.82, 2.24) is 31.1 Å². The van der Waals surface area contributed by atoms with E-state index in [2.05, 4.69) is 27.8 Å². The summed E-state index contributed by atoms with van der Waals surface area (Å²) < 4.78 is 0. The Morgan fingerprint density at radius 1 is 0.926 bits per heavy atom. The van der Waals surface area contributed by atoms with Gasteiger partial charge in [-0.2, -0.15) is 0 Å². The van der Waals surface area contributed by atoms with Crippen LogP contribution >= 0.6 is 11.6 Å². The van der Waals surface area contributed by atoms with Crippen LogP contribution in [0.15, 0.2) is 96.8 Å². The Bertz CT molecular complexity index is 2460. The lowest BCUT2D eigenvalue weighted by Gasteiger charge is -2.35. The number of phenols is 1. The lowest BCUT2D eigenvalue weighted by molar-refractivity contribution is -0.144. The zero-order valence-corrected chi connectivity index (χ0v) is 39.5. The molecule has 0 aromatic heterocycles. The highest BCUT2D eigenvalue weighted by Gasteiger charge is 2.37. The number of likely N-dealkylation sites (tertiary alicyclic amines) is 1. The fraction of sp³-hybridized carbons (Fsp3) is 0.380. The van der Waals surface area contributed by atoms with E-state index in [1.807, 2.05) is 12.1 Å². The van der Waals surface area contributed by atoms with Crippen LogP contribution in [0.25, 0.3) is 16.7 Å². The number of nitrogens with zero attached hydrogens (tertiary/aromatic N) is 2. The van der Waals surface area contributed by atoms with Crippen molar-refractivity contribution >= 4 is 58.5 Å². The Kier molecular flexibility index (Phi) is 18.1. The van der Waals surface area contributed by atoms with Gasteiger partial charge in [0.1, 0.15) is 47.8 Å². The second-order valence-electron chi connectivity index (χ2n) is 17.2. The molecule has 2 bridgehead atoms. The standard InChI is InChI=1S/C50H61ClN8O9/c1-28-12-22-41(60)29(2)37-26-32(13-23-42(37)61)27-39(47(65)55-31(4)49(67)59-25-9-7-11-40(59)44(53)62)57-45(63)30(3)54-48(66)43(28)58(5)50(68)38(10-6-8-24-52)56-46(64)35-16-14-33(15-17-35)34-18-20-36(51)21-19-34/h12-23,26,30-31,38-40,43,60-61H,1,6-11,24-25,27,52H2,2-5H3,(H2,53,62)(H,54,66)(H,55,65)(H,56,64)(H,57,63)/b22-12-,41-29-/t30-,31-,38-,39-,40-,43-/m0/s1. The minimum Gasteiger partial charge on any atom is -0.508 e. The molecule has 0 unspecified atom stereocenters. The third-order valence-corrected chi connectivity index (χ3v) is 12.4. The highest BCUT2D eigenvalue weighted by Crippen LogP contribution is 2.30. The smallest absolute Gasteiger partial charge is 0.251 e. The molecule has 10 N–H and O–H groups in total. The van der Waals surface area contributed by atoms with Gasteiger partial charge in [-0.1, -0.05) is 54.6 Å².